The molecule has 0 aromatic rings. The number of hydrogen-bond donors (Lipinski definition) is 0. The third-order valence-electron chi connectivity index (χ3n) is 2.16. The Labute approximate surface area is 69.4 Å². The molecule has 0 bridgehead atoms. The second-order valence-corrected chi connectivity index (χ2v) is 3.04. The molecule has 0 fully saturated rings. The van der Waals surface area contributed by atoms with E-state index in [0.717, 1.165) is 6.54 Å². The molecule has 1 heterocycles. The molecule has 11 heavy (non-hydrogen) atoms. The Kier molecular flexibility index (Phi) is 2.75. The van der Waals surface area contributed by atoms with Gasteiger partial charge in [-0.3, -0.25) is 0 Å². The van der Waals surface area contributed by atoms with Crippen LogP contribution in [0.1, 0.15) is 27.2 Å². The van der Waals surface area contributed by atoms with Crippen molar-refractivity contribution in [3.8, 4) is 0 Å². The van der Waals surface area contributed by atoms with Crippen LogP contribution in [0.5, 0.6) is 0 Å². The molecule has 1 aliphatic rings. The highest BCUT2D eigenvalue weighted by molar-refractivity contribution is 5.22. The van der Waals surface area contributed by atoms with Crippen LogP contribution in [0.15, 0.2) is 23.9 Å². The summed E-state index contributed by atoms with van der Waals surface area (Å²) in [5.41, 5.74) is 1.36. The van der Waals surface area contributed by atoms with Gasteiger partial charge in [-0.25, -0.2) is 0 Å². The third kappa shape index (κ3) is 1.86. The molecular formula is C10H17N. The molecule has 62 valence electrons. The van der Waals surface area contributed by atoms with Crippen LogP contribution in [0.4, 0.5) is 0 Å². The van der Waals surface area contributed by atoms with Crippen molar-refractivity contribution in [2.45, 2.75) is 33.2 Å². The summed E-state index contributed by atoms with van der Waals surface area (Å²) in [7, 11) is 0. The van der Waals surface area contributed by atoms with Crippen LogP contribution in [0.25, 0.3) is 0 Å². The van der Waals surface area contributed by atoms with E-state index in [0.29, 0.717) is 6.04 Å². The zero-order valence-corrected chi connectivity index (χ0v) is 7.67. The minimum Gasteiger partial charge on any atom is -0.371 e. The smallest absolute Gasteiger partial charge is 0.0468 e. The molecule has 1 aliphatic heterocycles. The first-order valence-corrected chi connectivity index (χ1v) is 4.40. The highest BCUT2D eigenvalue weighted by Crippen LogP contribution is 2.14. The van der Waals surface area contributed by atoms with Gasteiger partial charge in [0.1, 0.15) is 0 Å². The van der Waals surface area contributed by atoms with Gasteiger partial charge in [0.15, 0.2) is 0 Å². The molecule has 0 spiro atoms. The van der Waals surface area contributed by atoms with E-state index in [9.17, 15) is 0 Å². The van der Waals surface area contributed by atoms with E-state index in [-0.39, 0.29) is 0 Å². The first-order chi connectivity index (χ1) is 5.27. The fourth-order valence-electron chi connectivity index (χ4n) is 1.47. The van der Waals surface area contributed by atoms with E-state index in [1.807, 2.05) is 0 Å². The normalized spacial score (nSPS) is 23.7. The maximum Gasteiger partial charge on any atom is 0.0468 e. The highest BCUT2D eigenvalue weighted by atomic mass is 15.1. The molecule has 0 aliphatic carbocycles. The summed E-state index contributed by atoms with van der Waals surface area (Å²) >= 11 is 0. The van der Waals surface area contributed by atoms with E-state index >= 15 is 0 Å². The zero-order valence-electron chi connectivity index (χ0n) is 7.67. The fourth-order valence-corrected chi connectivity index (χ4v) is 1.47. The topological polar surface area (TPSA) is 3.24 Å². The Morgan fingerprint density at radius 2 is 2.18 bits per heavy atom. The molecule has 0 aromatic carbocycles. The first-order valence-electron chi connectivity index (χ1n) is 4.40. The van der Waals surface area contributed by atoms with Gasteiger partial charge >= 0.3 is 0 Å². The molecule has 0 saturated heterocycles. The Morgan fingerprint density at radius 1 is 1.45 bits per heavy atom. The Hall–Kier alpha value is -0.720. The monoisotopic (exact) mass is 151 g/mol. The Bertz CT molecular complexity index is 179. The Balaban J connectivity index is 2.66. The molecule has 0 N–H and O–H groups in total. The SMILES string of the molecule is CCC1C=CC(C)=CN1CC. The van der Waals surface area contributed by atoms with Crippen LogP contribution in [0.3, 0.4) is 0 Å². The lowest BCUT2D eigenvalue weighted by Gasteiger charge is -2.29. The van der Waals surface area contributed by atoms with Crippen molar-refractivity contribution >= 4 is 0 Å². The molecule has 1 unspecified atom stereocenters. The molecule has 0 saturated carbocycles. The maximum atomic E-state index is 2.38. The molecule has 1 nitrogen and oxygen atoms in total. The molecule has 1 rings (SSSR count). The van der Waals surface area contributed by atoms with Crippen molar-refractivity contribution in [1.29, 1.82) is 0 Å². The quantitative estimate of drug-likeness (QED) is 0.586. The zero-order chi connectivity index (χ0) is 8.27. The van der Waals surface area contributed by atoms with Gasteiger partial charge < -0.3 is 4.90 Å². The van der Waals surface area contributed by atoms with Crippen LogP contribution in [-0.2, 0) is 0 Å². The van der Waals surface area contributed by atoms with E-state index in [4.69, 9.17) is 0 Å². The number of rotatable bonds is 2. The lowest BCUT2D eigenvalue weighted by atomic mass is 10.1. The summed E-state index contributed by atoms with van der Waals surface area (Å²) in [6.45, 7) is 7.68. The van der Waals surface area contributed by atoms with Crippen molar-refractivity contribution in [2.24, 2.45) is 0 Å². The summed E-state index contributed by atoms with van der Waals surface area (Å²) in [6, 6.07) is 0.628. The second-order valence-electron chi connectivity index (χ2n) is 3.04. The van der Waals surface area contributed by atoms with Gasteiger partial charge in [-0.2, -0.15) is 0 Å². The average Bonchev–Trinajstić information content (AvgIpc) is 2.04. The Morgan fingerprint density at radius 3 is 2.73 bits per heavy atom. The van der Waals surface area contributed by atoms with Crippen LogP contribution in [0, 0.1) is 0 Å². The summed E-state index contributed by atoms with van der Waals surface area (Å²) in [4.78, 5) is 2.38. The molecule has 0 amide bonds. The minimum atomic E-state index is 0.628. The molecule has 0 radical (unpaired) electrons. The van der Waals surface area contributed by atoms with Crippen LogP contribution in [-0.4, -0.2) is 17.5 Å². The van der Waals surface area contributed by atoms with Gasteiger partial charge in [-0.05, 0) is 25.8 Å². The predicted molar refractivity (Wildman–Crippen MR) is 49.4 cm³/mol. The fraction of sp³-hybridized carbons (Fsp3) is 0.600. The number of nitrogens with zero attached hydrogens (tertiary/aromatic N) is 1. The van der Waals surface area contributed by atoms with Gasteiger partial charge in [0.2, 0.25) is 0 Å². The number of likely N-dealkylation sites (N-methyl/N-ethyl adjacent to an activating group) is 1. The molecule has 1 heteroatoms. The van der Waals surface area contributed by atoms with Crippen molar-refractivity contribution in [2.75, 3.05) is 6.54 Å². The standard InChI is InChI=1S/C10H17N/c1-4-10-7-6-9(3)8-11(10)5-2/h6-8,10H,4-5H2,1-3H3. The van der Waals surface area contributed by atoms with Crippen LogP contribution in [0.2, 0.25) is 0 Å². The summed E-state index contributed by atoms with van der Waals surface area (Å²) in [6.07, 6.45) is 7.95. The summed E-state index contributed by atoms with van der Waals surface area (Å²) in [5.74, 6) is 0. The van der Waals surface area contributed by atoms with Crippen molar-refractivity contribution < 1.29 is 0 Å². The van der Waals surface area contributed by atoms with Gasteiger partial charge in [-0.1, -0.05) is 19.1 Å². The number of hydrogen-bond acceptors (Lipinski definition) is 1. The number of allylic oxidation sites excluding steroid dienone is 2. The predicted octanol–water partition coefficient (Wildman–Crippen LogP) is 2.56. The lowest BCUT2D eigenvalue weighted by Crippen LogP contribution is -2.30. The van der Waals surface area contributed by atoms with E-state index in [1.165, 1.54) is 12.0 Å². The lowest BCUT2D eigenvalue weighted by molar-refractivity contribution is 0.322. The van der Waals surface area contributed by atoms with Crippen molar-refractivity contribution in [1.82, 2.24) is 4.90 Å². The van der Waals surface area contributed by atoms with Crippen molar-refractivity contribution in [3.63, 3.8) is 0 Å². The van der Waals surface area contributed by atoms with Crippen LogP contribution < -0.4 is 0 Å². The third-order valence-corrected chi connectivity index (χ3v) is 2.16. The largest absolute Gasteiger partial charge is 0.371 e. The average molecular weight is 151 g/mol. The van der Waals surface area contributed by atoms with Gasteiger partial charge in [0, 0.05) is 18.8 Å². The molecule has 0 aromatic heterocycles. The second kappa shape index (κ2) is 3.61. The maximum absolute atomic E-state index is 2.38. The van der Waals surface area contributed by atoms with Gasteiger partial charge in [0.05, 0.1) is 0 Å². The van der Waals surface area contributed by atoms with Gasteiger partial charge in [0.25, 0.3) is 0 Å². The van der Waals surface area contributed by atoms with E-state index < -0.39 is 0 Å². The van der Waals surface area contributed by atoms with Gasteiger partial charge in [-0.15, -0.1) is 0 Å². The van der Waals surface area contributed by atoms with E-state index in [1.54, 1.807) is 0 Å². The minimum absolute atomic E-state index is 0.628. The molecule has 1 atom stereocenters. The van der Waals surface area contributed by atoms with Crippen molar-refractivity contribution in [3.05, 3.63) is 23.9 Å². The first kappa shape index (κ1) is 8.38. The summed E-state index contributed by atoms with van der Waals surface area (Å²) in [5, 5.41) is 0. The summed E-state index contributed by atoms with van der Waals surface area (Å²) < 4.78 is 0. The molecular weight excluding hydrogens is 134 g/mol. The van der Waals surface area contributed by atoms with Crippen LogP contribution >= 0.6 is 0 Å². The van der Waals surface area contributed by atoms with E-state index in [2.05, 4.69) is 44.0 Å². The highest BCUT2D eigenvalue weighted by Gasteiger charge is 2.11.